The summed E-state index contributed by atoms with van der Waals surface area (Å²) in [5, 5.41) is 8.67. The minimum absolute atomic E-state index is 0.0500. The van der Waals surface area contributed by atoms with Gasteiger partial charge in [-0.05, 0) is 24.3 Å². The maximum absolute atomic E-state index is 11.9. The largest absolute Gasteiger partial charge is 0.378 e. The molecule has 1 saturated heterocycles. The van der Waals surface area contributed by atoms with Crippen molar-refractivity contribution in [1.82, 2.24) is 4.90 Å². The Bertz CT molecular complexity index is 480. The van der Waals surface area contributed by atoms with Crippen molar-refractivity contribution in [3.63, 3.8) is 0 Å². The van der Waals surface area contributed by atoms with Gasteiger partial charge in [-0.2, -0.15) is 5.26 Å². The fourth-order valence-electron chi connectivity index (χ4n) is 1.70. The van der Waals surface area contributed by atoms with Crippen LogP contribution in [0.4, 0.5) is 0 Å². The van der Waals surface area contributed by atoms with E-state index in [1.54, 1.807) is 30.3 Å². The maximum atomic E-state index is 11.9. The number of nitrogens with zero attached hydrogens (tertiary/aromatic N) is 2. The van der Waals surface area contributed by atoms with E-state index < -0.39 is 0 Å². The van der Waals surface area contributed by atoms with Gasteiger partial charge in [-0.25, -0.2) is 0 Å². The number of hydrogen-bond acceptors (Lipinski definition) is 4. The van der Waals surface area contributed by atoms with E-state index >= 15 is 0 Å². The van der Waals surface area contributed by atoms with Gasteiger partial charge in [-0.3, -0.25) is 4.79 Å². The molecule has 0 spiro atoms. The highest BCUT2D eigenvalue weighted by Crippen LogP contribution is 2.06. The molecule has 2 rings (SSSR count). The molecule has 0 N–H and O–H groups in total. The molecule has 4 heteroatoms. The van der Waals surface area contributed by atoms with E-state index in [4.69, 9.17) is 10.00 Å². The van der Waals surface area contributed by atoms with E-state index in [9.17, 15) is 4.79 Å². The van der Waals surface area contributed by atoms with E-state index in [0.717, 1.165) is 13.1 Å². The predicted molar refractivity (Wildman–Crippen MR) is 67.0 cm³/mol. The smallest absolute Gasteiger partial charge is 0.187 e. The molecule has 0 aliphatic carbocycles. The third-order valence-electron chi connectivity index (χ3n) is 2.78. The molecule has 18 heavy (non-hydrogen) atoms. The molecule has 0 bridgehead atoms. The van der Waals surface area contributed by atoms with Crippen LogP contribution in [0.15, 0.2) is 36.5 Å². The number of carbonyl (C=O) groups is 1. The first-order valence-electron chi connectivity index (χ1n) is 5.84. The fourth-order valence-corrected chi connectivity index (χ4v) is 1.70. The summed E-state index contributed by atoms with van der Waals surface area (Å²) in [5.74, 6) is -0.0500. The van der Waals surface area contributed by atoms with Gasteiger partial charge >= 0.3 is 0 Å². The lowest BCUT2D eigenvalue weighted by Crippen LogP contribution is -2.32. The summed E-state index contributed by atoms with van der Waals surface area (Å²) in [5.41, 5.74) is 1.15. The number of allylic oxidation sites excluding steroid dienone is 1. The number of ketones is 1. The number of hydrogen-bond donors (Lipinski definition) is 0. The average molecular weight is 242 g/mol. The second-order valence-electron chi connectivity index (χ2n) is 4.02. The highest BCUT2D eigenvalue weighted by atomic mass is 16.5. The van der Waals surface area contributed by atoms with Gasteiger partial charge in [0, 0.05) is 30.9 Å². The summed E-state index contributed by atoms with van der Waals surface area (Å²) in [6.45, 7) is 3.04. The molecule has 0 aromatic heterocycles. The Kier molecular flexibility index (Phi) is 4.11. The third kappa shape index (κ3) is 3.19. The normalized spacial score (nSPS) is 15.6. The number of ether oxygens (including phenoxy) is 1. The number of benzene rings is 1. The fraction of sp³-hybridized carbons (Fsp3) is 0.286. The summed E-state index contributed by atoms with van der Waals surface area (Å²) in [6, 6.07) is 8.66. The molecule has 1 heterocycles. The van der Waals surface area contributed by atoms with Gasteiger partial charge in [-0.15, -0.1) is 0 Å². The second-order valence-corrected chi connectivity index (χ2v) is 4.02. The first-order chi connectivity index (χ1) is 8.79. The molecule has 0 amide bonds. The molecule has 1 fully saturated rings. The quantitative estimate of drug-likeness (QED) is 0.596. The lowest BCUT2D eigenvalue weighted by molar-refractivity contribution is 0.0591. The summed E-state index contributed by atoms with van der Waals surface area (Å²) < 4.78 is 5.23. The Morgan fingerprint density at radius 1 is 1.28 bits per heavy atom. The van der Waals surface area contributed by atoms with Crippen LogP contribution in [0.2, 0.25) is 0 Å². The zero-order valence-corrected chi connectivity index (χ0v) is 10.0. The van der Waals surface area contributed by atoms with Crippen LogP contribution in [-0.2, 0) is 4.74 Å². The van der Waals surface area contributed by atoms with Crippen LogP contribution in [-0.4, -0.2) is 37.0 Å². The average Bonchev–Trinajstić information content (AvgIpc) is 2.46. The van der Waals surface area contributed by atoms with Crippen molar-refractivity contribution in [2.75, 3.05) is 26.3 Å². The molecule has 4 nitrogen and oxygen atoms in total. The number of nitriles is 1. The predicted octanol–water partition coefficient (Wildman–Crippen LogP) is 1.59. The zero-order valence-electron chi connectivity index (χ0n) is 10.0. The van der Waals surface area contributed by atoms with Crippen LogP contribution in [0.5, 0.6) is 0 Å². The topological polar surface area (TPSA) is 53.3 Å². The molecule has 0 unspecified atom stereocenters. The van der Waals surface area contributed by atoms with Gasteiger partial charge in [0.05, 0.1) is 24.8 Å². The minimum Gasteiger partial charge on any atom is -0.378 e. The highest BCUT2D eigenvalue weighted by Gasteiger charge is 2.07. The number of morpholine rings is 1. The molecule has 1 aromatic carbocycles. The van der Waals surface area contributed by atoms with Crippen LogP contribution in [0.1, 0.15) is 15.9 Å². The first-order valence-corrected chi connectivity index (χ1v) is 5.84. The summed E-state index contributed by atoms with van der Waals surface area (Å²) in [4.78, 5) is 13.9. The number of carbonyl (C=O) groups excluding carboxylic acids is 1. The highest BCUT2D eigenvalue weighted by molar-refractivity contribution is 6.04. The van der Waals surface area contributed by atoms with E-state index in [1.165, 1.54) is 0 Å². The number of rotatable bonds is 3. The lowest BCUT2D eigenvalue weighted by atomic mass is 10.1. The minimum atomic E-state index is -0.0500. The summed E-state index contributed by atoms with van der Waals surface area (Å²) in [6.07, 6.45) is 3.37. The molecule has 0 saturated carbocycles. The van der Waals surface area contributed by atoms with Gasteiger partial charge in [0.25, 0.3) is 0 Å². The zero-order chi connectivity index (χ0) is 12.8. The van der Waals surface area contributed by atoms with Crippen molar-refractivity contribution in [2.45, 2.75) is 0 Å². The van der Waals surface area contributed by atoms with Gasteiger partial charge in [0.1, 0.15) is 0 Å². The van der Waals surface area contributed by atoms with Crippen LogP contribution in [0.3, 0.4) is 0 Å². The van der Waals surface area contributed by atoms with Crippen molar-refractivity contribution in [1.29, 1.82) is 5.26 Å². The maximum Gasteiger partial charge on any atom is 0.187 e. The van der Waals surface area contributed by atoms with E-state index in [-0.39, 0.29) is 5.78 Å². The van der Waals surface area contributed by atoms with E-state index in [0.29, 0.717) is 24.3 Å². The van der Waals surface area contributed by atoms with Crippen LogP contribution in [0, 0.1) is 11.3 Å². The van der Waals surface area contributed by atoms with E-state index in [1.807, 2.05) is 12.3 Å². The van der Waals surface area contributed by atoms with Crippen molar-refractivity contribution in [2.24, 2.45) is 0 Å². The second kappa shape index (κ2) is 5.99. The van der Waals surface area contributed by atoms with Gasteiger partial charge in [-0.1, -0.05) is 0 Å². The molecule has 0 atom stereocenters. The SMILES string of the molecule is N#Cc1ccc(C(=O)/C=C/N2CCOCC2)cc1. The monoisotopic (exact) mass is 242 g/mol. The van der Waals surface area contributed by atoms with Gasteiger partial charge in [0.15, 0.2) is 5.78 Å². The van der Waals surface area contributed by atoms with Gasteiger partial charge < -0.3 is 9.64 Å². The molecule has 1 aromatic rings. The Morgan fingerprint density at radius 2 is 1.94 bits per heavy atom. The molecule has 92 valence electrons. The molecule has 0 radical (unpaired) electrons. The van der Waals surface area contributed by atoms with Crippen molar-refractivity contribution in [3.8, 4) is 6.07 Å². The third-order valence-corrected chi connectivity index (χ3v) is 2.78. The lowest BCUT2D eigenvalue weighted by Gasteiger charge is -2.24. The van der Waals surface area contributed by atoms with Gasteiger partial charge in [0.2, 0.25) is 0 Å². The van der Waals surface area contributed by atoms with E-state index in [2.05, 4.69) is 4.90 Å². The summed E-state index contributed by atoms with van der Waals surface area (Å²) in [7, 11) is 0. The Hall–Kier alpha value is -2.12. The Morgan fingerprint density at radius 3 is 2.56 bits per heavy atom. The van der Waals surface area contributed by atoms with Crippen LogP contribution < -0.4 is 0 Å². The van der Waals surface area contributed by atoms with Crippen LogP contribution in [0.25, 0.3) is 0 Å². The van der Waals surface area contributed by atoms with Crippen molar-refractivity contribution >= 4 is 5.78 Å². The Balaban J connectivity index is 1.98. The van der Waals surface area contributed by atoms with Crippen LogP contribution >= 0.6 is 0 Å². The Labute approximate surface area is 106 Å². The molecular formula is C14H14N2O2. The summed E-state index contributed by atoms with van der Waals surface area (Å²) >= 11 is 0. The first kappa shape index (κ1) is 12.3. The standard InChI is InChI=1S/C14H14N2O2/c15-11-12-1-3-13(4-2-12)14(17)5-6-16-7-9-18-10-8-16/h1-6H,7-10H2/b6-5+. The molecule has 1 aliphatic rings. The molecular weight excluding hydrogens is 228 g/mol. The molecule has 1 aliphatic heterocycles. The van der Waals surface area contributed by atoms with Crippen molar-refractivity contribution in [3.05, 3.63) is 47.7 Å². The van der Waals surface area contributed by atoms with Crippen molar-refractivity contribution < 1.29 is 9.53 Å².